The Morgan fingerprint density at radius 3 is 2.63 bits per heavy atom. The maximum Gasteiger partial charge on any atom is 0.256 e. The van der Waals surface area contributed by atoms with Gasteiger partial charge in [0.1, 0.15) is 0 Å². The molecule has 2 aromatic rings. The summed E-state index contributed by atoms with van der Waals surface area (Å²) in [7, 11) is 0. The molecule has 0 radical (unpaired) electrons. The van der Waals surface area contributed by atoms with Crippen molar-refractivity contribution in [2.75, 3.05) is 5.32 Å². The Labute approximate surface area is 116 Å². The van der Waals surface area contributed by atoms with Crippen LogP contribution in [0.4, 0.5) is 5.69 Å². The second-order valence-corrected chi connectivity index (χ2v) is 5.24. The molecule has 98 valence electrons. The van der Waals surface area contributed by atoms with E-state index in [0.29, 0.717) is 16.8 Å². The minimum Gasteiger partial charge on any atom is -0.322 e. The first kappa shape index (κ1) is 13.5. The van der Waals surface area contributed by atoms with Crippen LogP contribution < -0.4 is 5.32 Å². The van der Waals surface area contributed by atoms with Crippen LogP contribution in [-0.2, 0) is 6.42 Å². The number of amides is 1. The van der Waals surface area contributed by atoms with E-state index in [1.807, 2.05) is 11.4 Å². The molecule has 1 aromatic carbocycles. The van der Waals surface area contributed by atoms with Crippen LogP contribution in [-0.4, -0.2) is 11.7 Å². The van der Waals surface area contributed by atoms with Crippen molar-refractivity contribution in [1.29, 1.82) is 0 Å². The maximum absolute atomic E-state index is 12.0. The van der Waals surface area contributed by atoms with E-state index in [1.165, 1.54) is 11.8 Å². The van der Waals surface area contributed by atoms with Crippen LogP contribution in [0.15, 0.2) is 35.7 Å². The maximum atomic E-state index is 12.0. The summed E-state index contributed by atoms with van der Waals surface area (Å²) >= 11 is 1.58. The van der Waals surface area contributed by atoms with Gasteiger partial charge in [0.05, 0.1) is 5.56 Å². The fraction of sp³-hybridized carbons (Fsp3) is 0.200. The summed E-state index contributed by atoms with van der Waals surface area (Å²) in [6.07, 6.45) is 0.928. The molecule has 0 bridgehead atoms. The zero-order valence-corrected chi connectivity index (χ0v) is 11.7. The van der Waals surface area contributed by atoms with Gasteiger partial charge in [-0.15, -0.1) is 11.3 Å². The van der Waals surface area contributed by atoms with Gasteiger partial charge in [0.2, 0.25) is 0 Å². The van der Waals surface area contributed by atoms with Crippen molar-refractivity contribution in [2.24, 2.45) is 0 Å². The zero-order chi connectivity index (χ0) is 13.8. The predicted octanol–water partition coefficient (Wildman–Crippen LogP) is 3.77. The summed E-state index contributed by atoms with van der Waals surface area (Å²) in [5, 5.41) is 4.66. The number of hydrogen-bond acceptors (Lipinski definition) is 3. The average Bonchev–Trinajstić information content (AvgIpc) is 2.88. The number of ketones is 1. The van der Waals surface area contributed by atoms with Crippen molar-refractivity contribution in [2.45, 2.75) is 20.3 Å². The highest BCUT2D eigenvalue weighted by Crippen LogP contribution is 2.17. The van der Waals surface area contributed by atoms with Gasteiger partial charge in [0, 0.05) is 21.5 Å². The second-order valence-electron chi connectivity index (χ2n) is 4.25. The van der Waals surface area contributed by atoms with Crippen LogP contribution in [0.3, 0.4) is 0 Å². The molecule has 3 nitrogen and oxygen atoms in total. The Bertz CT molecular complexity index is 616. The molecule has 0 fully saturated rings. The van der Waals surface area contributed by atoms with Gasteiger partial charge in [-0.2, -0.15) is 0 Å². The van der Waals surface area contributed by atoms with E-state index in [1.54, 1.807) is 35.6 Å². The molecule has 0 spiro atoms. The Balaban J connectivity index is 2.14. The molecular weight excluding hydrogens is 258 g/mol. The van der Waals surface area contributed by atoms with Crippen molar-refractivity contribution in [3.8, 4) is 0 Å². The summed E-state index contributed by atoms with van der Waals surface area (Å²) < 4.78 is 0. The lowest BCUT2D eigenvalue weighted by atomic mass is 10.1. The molecule has 1 amide bonds. The molecule has 0 aliphatic rings. The fourth-order valence-corrected chi connectivity index (χ4v) is 2.52. The van der Waals surface area contributed by atoms with Gasteiger partial charge in [-0.25, -0.2) is 0 Å². The Morgan fingerprint density at radius 2 is 2.00 bits per heavy atom. The largest absolute Gasteiger partial charge is 0.322 e. The van der Waals surface area contributed by atoms with E-state index in [9.17, 15) is 9.59 Å². The highest BCUT2D eigenvalue weighted by atomic mass is 32.1. The fourth-order valence-electron chi connectivity index (χ4n) is 1.70. The third kappa shape index (κ3) is 3.29. The first-order valence-electron chi connectivity index (χ1n) is 6.10. The first-order chi connectivity index (χ1) is 9.10. The second kappa shape index (κ2) is 5.80. The summed E-state index contributed by atoms with van der Waals surface area (Å²) in [4.78, 5) is 24.5. The van der Waals surface area contributed by atoms with Gasteiger partial charge in [-0.3, -0.25) is 9.59 Å². The first-order valence-corrected chi connectivity index (χ1v) is 6.98. The normalized spacial score (nSPS) is 10.2. The number of benzene rings is 1. The summed E-state index contributed by atoms with van der Waals surface area (Å²) in [6, 6.07) is 8.86. The Morgan fingerprint density at radius 1 is 1.21 bits per heavy atom. The monoisotopic (exact) mass is 273 g/mol. The zero-order valence-electron chi connectivity index (χ0n) is 10.9. The molecule has 0 saturated carbocycles. The van der Waals surface area contributed by atoms with E-state index in [2.05, 4.69) is 12.2 Å². The average molecular weight is 273 g/mol. The third-order valence-electron chi connectivity index (χ3n) is 2.79. The van der Waals surface area contributed by atoms with Crippen molar-refractivity contribution in [3.05, 3.63) is 51.7 Å². The molecule has 2 rings (SSSR count). The lowest BCUT2D eigenvalue weighted by Crippen LogP contribution is -2.11. The minimum absolute atomic E-state index is 0.0140. The number of rotatable bonds is 4. The molecule has 1 heterocycles. The van der Waals surface area contributed by atoms with Crippen LogP contribution in [0, 0.1) is 0 Å². The molecule has 0 aliphatic carbocycles. The van der Waals surface area contributed by atoms with E-state index in [-0.39, 0.29) is 11.7 Å². The molecule has 19 heavy (non-hydrogen) atoms. The summed E-state index contributed by atoms with van der Waals surface area (Å²) in [6.45, 7) is 3.57. The van der Waals surface area contributed by atoms with Crippen LogP contribution in [0.1, 0.15) is 39.4 Å². The summed E-state index contributed by atoms with van der Waals surface area (Å²) in [5.74, 6) is -0.156. The topological polar surface area (TPSA) is 46.2 Å². The lowest BCUT2D eigenvalue weighted by Gasteiger charge is -2.05. The van der Waals surface area contributed by atoms with Crippen LogP contribution in [0.25, 0.3) is 0 Å². The number of hydrogen-bond donors (Lipinski definition) is 1. The molecule has 0 saturated heterocycles. The number of aryl methyl sites for hydroxylation is 1. The number of Topliss-reactive ketones (excluding diaryl/α,β-unsaturated/α-hetero) is 1. The van der Waals surface area contributed by atoms with Crippen LogP contribution in [0.5, 0.6) is 0 Å². The third-order valence-corrected chi connectivity index (χ3v) is 3.87. The van der Waals surface area contributed by atoms with Gasteiger partial charge < -0.3 is 5.32 Å². The predicted molar refractivity (Wildman–Crippen MR) is 78.1 cm³/mol. The van der Waals surface area contributed by atoms with E-state index in [4.69, 9.17) is 0 Å². The number of thiophene rings is 1. The van der Waals surface area contributed by atoms with E-state index >= 15 is 0 Å². The molecule has 1 aromatic heterocycles. The highest BCUT2D eigenvalue weighted by Gasteiger charge is 2.09. The summed E-state index contributed by atoms with van der Waals surface area (Å²) in [5.41, 5.74) is 1.90. The number of nitrogens with one attached hydrogen (secondary N) is 1. The van der Waals surface area contributed by atoms with Gasteiger partial charge in [-0.1, -0.05) is 19.1 Å². The molecule has 1 N–H and O–H groups in total. The number of anilines is 1. The van der Waals surface area contributed by atoms with Crippen LogP contribution in [0.2, 0.25) is 0 Å². The SMILES string of the molecule is CCc1cc(C(=O)Nc2cccc(C(C)=O)c2)cs1. The molecule has 0 atom stereocenters. The van der Waals surface area contributed by atoms with Gasteiger partial charge >= 0.3 is 0 Å². The molecule has 0 unspecified atom stereocenters. The minimum atomic E-state index is -0.142. The highest BCUT2D eigenvalue weighted by molar-refractivity contribution is 7.10. The molecule has 4 heteroatoms. The standard InChI is InChI=1S/C15H15NO2S/c1-3-14-8-12(9-19-14)15(18)16-13-6-4-5-11(7-13)10(2)17/h4-9H,3H2,1-2H3,(H,16,18). The van der Waals surface area contributed by atoms with E-state index < -0.39 is 0 Å². The van der Waals surface area contributed by atoms with Crippen molar-refractivity contribution >= 4 is 28.7 Å². The van der Waals surface area contributed by atoms with Crippen molar-refractivity contribution < 1.29 is 9.59 Å². The number of carbonyl (C=O) groups excluding carboxylic acids is 2. The smallest absolute Gasteiger partial charge is 0.256 e. The Kier molecular flexibility index (Phi) is 4.12. The number of carbonyl (C=O) groups is 2. The van der Waals surface area contributed by atoms with Gasteiger partial charge in [0.25, 0.3) is 5.91 Å². The van der Waals surface area contributed by atoms with Crippen molar-refractivity contribution in [3.63, 3.8) is 0 Å². The molecule has 0 aliphatic heterocycles. The Hall–Kier alpha value is -1.94. The molecular formula is C15H15NO2S. The lowest BCUT2D eigenvalue weighted by molar-refractivity contribution is 0.101. The van der Waals surface area contributed by atoms with E-state index in [0.717, 1.165) is 6.42 Å². The van der Waals surface area contributed by atoms with Gasteiger partial charge in [0.15, 0.2) is 5.78 Å². The quantitative estimate of drug-likeness (QED) is 0.862. The van der Waals surface area contributed by atoms with Crippen LogP contribution >= 0.6 is 11.3 Å². The van der Waals surface area contributed by atoms with Crippen molar-refractivity contribution in [1.82, 2.24) is 0 Å². The van der Waals surface area contributed by atoms with Gasteiger partial charge in [-0.05, 0) is 31.5 Å².